The van der Waals surface area contributed by atoms with E-state index in [4.69, 9.17) is 28.4 Å². The van der Waals surface area contributed by atoms with Crippen LogP contribution in [0, 0.1) is 22.7 Å². The van der Waals surface area contributed by atoms with Gasteiger partial charge in [-0.1, -0.05) is 57.7 Å². The van der Waals surface area contributed by atoms with Gasteiger partial charge in [-0.05, 0) is 79.7 Å². The molecule has 4 aliphatic rings. The zero-order chi connectivity index (χ0) is 32.0. The molecule has 44 heavy (non-hydrogen) atoms. The zero-order valence-corrected chi connectivity index (χ0v) is 27.4. The van der Waals surface area contributed by atoms with Crippen molar-refractivity contribution in [1.29, 1.82) is 0 Å². The van der Waals surface area contributed by atoms with E-state index in [-0.39, 0.29) is 36.8 Å². The number of fused-ring (bicyclic) bond motifs is 6. The SMILES string of the molecule is C=C1[C@@H](OC(=O)/C=C/c2ccccc2)CC[C@@]2(C)[C@H]3OC(C)(C)O[C@@H]3C3=C(C)[C@@H](OC(C)=O)C[C@@H]([C@@H](OCOC)[C@H]12)C3(C)C. The summed E-state index contributed by atoms with van der Waals surface area (Å²) in [7, 11) is 1.61. The molecular formula is C36H48O8. The Morgan fingerprint density at radius 2 is 1.75 bits per heavy atom. The minimum absolute atomic E-state index is 0.0780. The number of esters is 2. The van der Waals surface area contributed by atoms with Crippen molar-refractivity contribution >= 4 is 18.0 Å². The number of rotatable bonds is 7. The molecule has 3 fully saturated rings. The number of hydrogen-bond donors (Lipinski definition) is 0. The number of ether oxygens (including phenoxy) is 6. The Morgan fingerprint density at radius 3 is 2.41 bits per heavy atom. The summed E-state index contributed by atoms with van der Waals surface area (Å²) in [5, 5.41) is 0. The Hall–Kier alpha value is -2.78. The average Bonchev–Trinajstić information content (AvgIpc) is 3.27. The molecule has 8 atom stereocenters. The van der Waals surface area contributed by atoms with Crippen molar-refractivity contribution in [3.8, 4) is 0 Å². The maximum absolute atomic E-state index is 13.1. The first kappa shape index (κ1) is 32.6. The third-order valence-corrected chi connectivity index (χ3v) is 10.4. The number of benzene rings is 1. The van der Waals surface area contributed by atoms with E-state index in [2.05, 4.69) is 34.3 Å². The highest BCUT2D eigenvalue weighted by Gasteiger charge is 2.65. The highest BCUT2D eigenvalue weighted by Crippen LogP contribution is 2.63. The van der Waals surface area contributed by atoms with E-state index in [9.17, 15) is 9.59 Å². The Balaban J connectivity index is 1.58. The summed E-state index contributed by atoms with van der Waals surface area (Å²) in [6.45, 7) is 18.7. The van der Waals surface area contributed by atoms with E-state index in [1.807, 2.05) is 44.2 Å². The summed E-state index contributed by atoms with van der Waals surface area (Å²) in [6, 6.07) is 9.65. The van der Waals surface area contributed by atoms with Crippen molar-refractivity contribution in [3.63, 3.8) is 0 Å². The molecule has 0 amide bonds. The zero-order valence-electron chi connectivity index (χ0n) is 27.4. The third kappa shape index (κ3) is 5.94. The van der Waals surface area contributed by atoms with Crippen molar-refractivity contribution in [2.45, 2.75) is 104 Å². The summed E-state index contributed by atoms with van der Waals surface area (Å²) in [6.07, 6.45) is 3.07. The van der Waals surface area contributed by atoms with E-state index in [1.54, 1.807) is 13.2 Å². The van der Waals surface area contributed by atoms with Crippen LogP contribution in [-0.4, -0.2) is 62.1 Å². The molecule has 8 heteroatoms. The second kappa shape index (κ2) is 12.2. The van der Waals surface area contributed by atoms with Crippen molar-refractivity contribution < 1.29 is 38.0 Å². The van der Waals surface area contributed by atoms with Gasteiger partial charge in [-0.15, -0.1) is 0 Å². The smallest absolute Gasteiger partial charge is 0.331 e. The van der Waals surface area contributed by atoms with Crippen LogP contribution in [0.25, 0.3) is 6.08 Å². The molecule has 1 saturated heterocycles. The van der Waals surface area contributed by atoms with Crippen molar-refractivity contribution in [2.24, 2.45) is 22.7 Å². The molecule has 0 unspecified atom stereocenters. The molecule has 3 aliphatic carbocycles. The summed E-state index contributed by atoms with van der Waals surface area (Å²) in [4.78, 5) is 25.3. The Kier molecular flexibility index (Phi) is 9.04. The quantitative estimate of drug-likeness (QED) is 0.152. The summed E-state index contributed by atoms with van der Waals surface area (Å²) in [5.74, 6) is -1.95. The fourth-order valence-corrected chi connectivity index (χ4v) is 8.46. The predicted molar refractivity (Wildman–Crippen MR) is 166 cm³/mol. The monoisotopic (exact) mass is 608 g/mol. The van der Waals surface area contributed by atoms with Crippen LogP contribution in [0.5, 0.6) is 0 Å². The molecule has 0 aromatic heterocycles. The molecule has 5 rings (SSSR count). The highest BCUT2D eigenvalue weighted by molar-refractivity contribution is 5.87. The van der Waals surface area contributed by atoms with Gasteiger partial charge in [-0.2, -0.15) is 0 Å². The second-order valence-electron chi connectivity index (χ2n) is 14.0. The molecule has 0 spiro atoms. The first-order valence-corrected chi connectivity index (χ1v) is 15.7. The van der Waals surface area contributed by atoms with Crippen LogP contribution in [-0.2, 0) is 38.0 Å². The van der Waals surface area contributed by atoms with Crippen LogP contribution in [0.3, 0.4) is 0 Å². The van der Waals surface area contributed by atoms with Crippen LogP contribution in [0.2, 0.25) is 0 Å². The molecule has 1 heterocycles. The van der Waals surface area contributed by atoms with Gasteiger partial charge in [0.05, 0.1) is 12.2 Å². The third-order valence-electron chi connectivity index (χ3n) is 10.4. The van der Waals surface area contributed by atoms with Gasteiger partial charge in [0.2, 0.25) is 0 Å². The lowest BCUT2D eigenvalue weighted by Crippen LogP contribution is -2.62. The molecular weight excluding hydrogens is 560 g/mol. The van der Waals surface area contributed by atoms with Gasteiger partial charge in [0, 0.05) is 31.4 Å². The first-order chi connectivity index (χ1) is 20.7. The topological polar surface area (TPSA) is 89.5 Å². The maximum Gasteiger partial charge on any atom is 0.331 e. The molecule has 1 aliphatic heterocycles. The molecule has 0 radical (unpaired) electrons. The fourth-order valence-electron chi connectivity index (χ4n) is 8.46. The lowest BCUT2D eigenvalue weighted by molar-refractivity contribution is -0.194. The largest absolute Gasteiger partial charge is 0.458 e. The van der Waals surface area contributed by atoms with Crippen LogP contribution in [0.1, 0.15) is 73.3 Å². The summed E-state index contributed by atoms with van der Waals surface area (Å²) < 4.78 is 37.7. The summed E-state index contributed by atoms with van der Waals surface area (Å²) >= 11 is 0. The van der Waals surface area contributed by atoms with E-state index in [1.165, 1.54) is 13.0 Å². The number of methoxy groups -OCH3 is 1. The maximum atomic E-state index is 13.1. The first-order valence-electron chi connectivity index (χ1n) is 15.7. The van der Waals surface area contributed by atoms with E-state index < -0.39 is 40.9 Å². The molecule has 2 bridgehead atoms. The van der Waals surface area contributed by atoms with Gasteiger partial charge in [0.25, 0.3) is 0 Å². The number of hydrogen-bond acceptors (Lipinski definition) is 8. The predicted octanol–water partition coefficient (Wildman–Crippen LogP) is 6.40. The number of carbonyl (C=O) groups is 2. The van der Waals surface area contributed by atoms with Crippen molar-refractivity contribution in [2.75, 3.05) is 13.9 Å². The van der Waals surface area contributed by atoms with E-state index in [0.29, 0.717) is 19.3 Å². The molecule has 1 aromatic rings. The Morgan fingerprint density at radius 1 is 1.05 bits per heavy atom. The van der Waals surface area contributed by atoms with Crippen LogP contribution < -0.4 is 0 Å². The van der Waals surface area contributed by atoms with Gasteiger partial charge in [0.1, 0.15) is 25.1 Å². The Labute approximate surface area is 261 Å². The highest BCUT2D eigenvalue weighted by atomic mass is 16.8. The van der Waals surface area contributed by atoms with Crippen molar-refractivity contribution in [1.82, 2.24) is 0 Å². The van der Waals surface area contributed by atoms with Gasteiger partial charge in [-0.3, -0.25) is 4.79 Å². The standard InChI is InChI=1S/C36H48O8/c1-21-26(42-28(38)16-15-24-13-11-10-12-14-24)17-18-36(8)30(21)31(40-20-39-9)25-19-27(41-23(3)37)22(2)29(34(25,4)5)32-33(36)44-35(6,7)43-32/h10-16,25-27,30-33H,1,17-20H2,2-9H3/b16-15+/t25-,26-,27-,30-,31+,32+,33-,36+/m0/s1. The lowest BCUT2D eigenvalue weighted by atomic mass is 9.49. The van der Waals surface area contributed by atoms with Crippen molar-refractivity contribution in [3.05, 3.63) is 65.3 Å². The molecule has 240 valence electrons. The minimum atomic E-state index is -0.837. The average molecular weight is 609 g/mol. The molecule has 1 aromatic carbocycles. The van der Waals surface area contributed by atoms with Crippen LogP contribution in [0.4, 0.5) is 0 Å². The van der Waals surface area contributed by atoms with Gasteiger partial charge in [0.15, 0.2) is 5.79 Å². The lowest BCUT2D eigenvalue weighted by Gasteiger charge is -2.59. The summed E-state index contributed by atoms with van der Waals surface area (Å²) in [5.41, 5.74) is 2.95. The van der Waals surface area contributed by atoms with Gasteiger partial charge < -0.3 is 28.4 Å². The fraction of sp³-hybridized carbons (Fsp3) is 0.611. The molecule has 0 N–H and O–H groups in total. The van der Waals surface area contributed by atoms with Crippen LogP contribution >= 0.6 is 0 Å². The van der Waals surface area contributed by atoms with E-state index >= 15 is 0 Å². The Bertz CT molecular complexity index is 1330. The normalized spacial score (nSPS) is 35.8. The second-order valence-corrected chi connectivity index (χ2v) is 14.0. The van der Waals surface area contributed by atoms with E-state index in [0.717, 1.165) is 22.3 Å². The number of carbonyl (C=O) groups excluding carboxylic acids is 2. The van der Waals surface area contributed by atoms with Crippen LogP contribution in [0.15, 0.2) is 59.7 Å². The molecule has 2 saturated carbocycles. The van der Waals surface area contributed by atoms with Gasteiger partial charge in [-0.25, -0.2) is 4.79 Å². The minimum Gasteiger partial charge on any atom is -0.458 e. The van der Waals surface area contributed by atoms with Gasteiger partial charge >= 0.3 is 11.9 Å². The molecule has 8 nitrogen and oxygen atoms in total.